The molecule has 0 spiro atoms. The van der Waals surface area contributed by atoms with Crippen molar-refractivity contribution in [3.05, 3.63) is 32.7 Å². The molecule has 102 valence electrons. The van der Waals surface area contributed by atoms with Gasteiger partial charge in [0, 0.05) is 28.1 Å². The van der Waals surface area contributed by atoms with Crippen molar-refractivity contribution in [1.82, 2.24) is 10.2 Å². The van der Waals surface area contributed by atoms with Crippen LogP contribution in [0.4, 0.5) is 0 Å². The van der Waals surface area contributed by atoms with Gasteiger partial charge < -0.3 is 10.2 Å². The highest BCUT2D eigenvalue weighted by Crippen LogP contribution is 2.23. The van der Waals surface area contributed by atoms with E-state index in [9.17, 15) is 0 Å². The topological polar surface area (TPSA) is 15.3 Å². The molecule has 18 heavy (non-hydrogen) atoms. The van der Waals surface area contributed by atoms with Crippen molar-refractivity contribution < 1.29 is 0 Å². The van der Waals surface area contributed by atoms with Crippen molar-refractivity contribution in [2.75, 3.05) is 19.6 Å². The molecular formula is C14H22Br2N2. The summed E-state index contributed by atoms with van der Waals surface area (Å²) in [4.78, 5) is 2.44. The second kappa shape index (κ2) is 8.31. The molecule has 1 rings (SSSR count). The van der Waals surface area contributed by atoms with Gasteiger partial charge in [0.2, 0.25) is 0 Å². The molecule has 0 bridgehead atoms. The van der Waals surface area contributed by atoms with Crippen LogP contribution in [0, 0.1) is 0 Å². The fourth-order valence-corrected chi connectivity index (χ4v) is 2.55. The summed E-state index contributed by atoms with van der Waals surface area (Å²) in [5, 5.41) is 3.57. The van der Waals surface area contributed by atoms with Crippen LogP contribution in [0.5, 0.6) is 0 Å². The van der Waals surface area contributed by atoms with E-state index in [-0.39, 0.29) is 0 Å². The summed E-state index contributed by atoms with van der Waals surface area (Å²) in [6.45, 7) is 10.9. The minimum absolute atomic E-state index is 0.507. The third kappa shape index (κ3) is 5.39. The SMILES string of the molecule is CCN(CC)CC(C)NCc1ccc(Br)c(Br)c1. The van der Waals surface area contributed by atoms with Crippen LogP contribution in [0.1, 0.15) is 26.3 Å². The molecule has 0 heterocycles. The van der Waals surface area contributed by atoms with E-state index in [0.717, 1.165) is 35.1 Å². The lowest BCUT2D eigenvalue weighted by atomic mass is 10.2. The van der Waals surface area contributed by atoms with Crippen LogP contribution >= 0.6 is 31.9 Å². The van der Waals surface area contributed by atoms with E-state index in [0.29, 0.717) is 6.04 Å². The van der Waals surface area contributed by atoms with E-state index >= 15 is 0 Å². The van der Waals surface area contributed by atoms with Crippen molar-refractivity contribution >= 4 is 31.9 Å². The van der Waals surface area contributed by atoms with Crippen LogP contribution in [-0.2, 0) is 6.54 Å². The van der Waals surface area contributed by atoms with E-state index < -0.39 is 0 Å². The zero-order valence-electron chi connectivity index (χ0n) is 11.3. The lowest BCUT2D eigenvalue weighted by Gasteiger charge is -2.23. The zero-order valence-corrected chi connectivity index (χ0v) is 14.5. The Labute approximate surface area is 127 Å². The average Bonchev–Trinajstić information content (AvgIpc) is 2.37. The maximum atomic E-state index is 3.57. The summed E-state index contributed by atoms with van der Waals surface area (Å²) in [5.74, 6) is 0. The third-order valence-electron chi connectivity index (χ3n) is 3.07. The smallest absolute Gasteiger partial charge is 0.0320 e. The third-order valence-corrected chi connectivity index (χ3v) is 4.94. The molecule has 0 aliphatic carbocycles. The van der Waals surface area contributed by atoms with E-state index in [1.54, 1.807) is 0 Å². The fourth-order valence-electron chi connectivity index (χ4n) is 1.88. The molecule has 0 aliphatic rings. The quantitative estimate of drug-likeness (QED) is 0.771. The molecule has 1 N–H and O–H groups in total. The number of halogens is 2. The molecule has 0 fully saturated rings. The molecule has 1 unspecified atom stereocenters. The summed E-state index contributed by atoms with van der Waals surface area (Å²) in [7, 11) is 0. The second-order valence-electron chi connectivity index (χ2n) is 4.52. The van der Waals surface area contributed by atoms with Gasteiger partial charge in [-0.2, -0.15) is 0 Å². The lowest BCUT2D eigenvalue weighted by Crippen LogP contribution is -2.38. The maximum Gasteiger partial charge on any atom is 0.0320 e. The van der Waals surface area contributed by atoms with Crippen LogP contribution in [0.25, 0.3) is 0 Å². The van der Waals surface area contributed by atoms with Crippen LogP contribution in [-0.4, -0.2) is 30.6 Å². The molecule has 0 saturated heterocycles. The molecule has 0 amide bonds. The molecule has 0 saturated carbocycles. The largest absolute Gasteiger partial charge is 0.309 e. The van der Waals surface area contributed by atoms with Gasteiger partial charge in [-0.3, -0.25) is 0 Å². The monoisotopic (exact) mass is 376 g/mol. The number of nitrogens with one attached hydrogen (secondary N) is 1. The van der Waals surface area contributed by atoms with E-state index in [4.69, 9.17) is 0 Å². The number of likely N-dealkylation sites (N-methyl/N-ethyl adjacent to an activating group) is 1. The molecular weight excluding hydrogens is 356 g/mol. The minimum atomic E-state index is 0.507. The first-order valence-electron chi connectivity index (χ1n) is 6.46. The Kier molecular flexibility index (Phi) is 7.46. The van der Waals surface area contributed by atoms with Crippen LogP contribution < -0.4 is 5.32 Å². The average molecular weight is 378 g/mol. The normalized spacial score (nSPS) is 13.0. The van der Waals surface area contributed by atoms with Gasteiger partial charge in [-0.25, -0.2) is 0 Å². The van der Waals surface area contributed by atoms with Gasteiger partial charge in [-0.15, -0.1) is 0 Å². The zero-order chi connectivity index (χ0) is 13.5. The summed E-state index contributed by atoms with van der Waals surface area (Å²) < 4.78 is 2.21. The van der Waals surface area contributed by atoms with Crippen molar-refractivity contribution in [3.63, 3.8) is 0 Å². The highest BCUT2D eigenvalue weighted by atomic mass is 79.9. The molecule has 1 atom stereocenters. The van der Waals surface area contributed by atoms with E-state index in [2.05, 4.69) is 81.0 Å². The number of nitrogens with zero attached hydrogens (tertiary/aromatic N) is 1. The Morgan fingerprint density at radius 1 is 1.17 bits per heavy atom. The molecule has 1 aromatic carbocycles. The van der Waals surface area contributed by atoms with Gasteiger partial charge in [0.1, 0.15) is 0 Å². The van der Waals surface area contributed by atoms with Crippen molar-refractivity contribution in [2.24, 2.45) is 0 Å². The summed E-state index contributed by atoms with van der Waals surface area (Å²) in [6, 6.07) is 6.89. The Morgan fingerprint density at radius 2 is 1.83 bits per heavy atom. The number of hydrogen-bond donors (Lipinski definition) is 1. The molecule has 1 aromatic rings. The van der Waals surface area contributed by atoms with Crippen LogP contribution in [0.3, 0.4) is 0 Å². The first-order valence-corrected chi connectivity index (χ1v) is 8.05. The maximum absolute atomic E-state index is 3.57. The number of rotatable bonds is 7. The standard InChI is InChI=1S/C14H22Br2N2/c1-4-18(5-2)10-11(3)17-9-12-6-7-13(15)14(16)8-12/h6-8,11,17H,4-5,9-10H2,1-3H3. The van der Waals surface area contributed by atoms with Gasteiger partial charge in [0.05, 0.1) is 0 Å². The minimum Gasteiger partial charge on any atom is -0.309 e. The Balaban J connectivity index is 2.42. The summed E-state index contributed by atoms with van der Waals surface area (Å²) >= 11 is 7.02. The predicted molar refractivity (Wildman–Crippen MR) is 85.9 cm³/mol. The Morgan fingerprint density at radius 3 is 2.39 bits per heavy atom. The highest BCUT2D eigenvalue weighted by molar-refractivity contribution is 9.13. The Hall–Kier alpha value is 0.1000. The van der Waals surface area contributed by atoms with Gasteiger partial charge in [-0.1, -0.05) is 19.9 Å². The molecule has 0 radical (unpaired) electrons. The predicted octanol–water partition coefficient (Wildman–Crippen LogP) is 4.03. The lowest BCUT2D eigenvalue weighted by molar-refractivity contribution is 0.270. The second-order valence-corrected chi connectivity index (χ2v) is 6.22. The van der Waals surface area contributed by atoms with Crippen LogP contribution in [0.2, 0.25) is 0 Å². The van der Waals surface area contributed by atoms with Gasteiger partial charge in [-0.05, 0) is 69.6 Å². The molecule has 2 nitrogen and oxygen atoms in total. The van der Waals surface area contributed by atoms with Crippen molar-refractivity contribution in [3.8, 4) is 0 Å². The van der Waals surface area contributed by atoms with E-state index in [1.165, 1.54) is 5.56 Å². The fraction of sp³-hybridized carbons (Fsp3) is 0.571. The van der Waals surface area contributed by atoms with Gasteiger partial charge >= 0.3 is 0 Å². The Bertz CT molecular complexity index is 365. The first kappa shape index (κ1) is 16.2. The van der Waals surface area contributed by atoms with Gasteiger partial charge in [0.15, 0.2) is 0 Å². The van der Waals surface area contributed by atoms with Crippen molar-refractivity contribution in [1.29, 1.82) is 0 Å². The number of benzene rings is 1. The summed E-state index contributed by atoms with van der Waals surface area (Å²) in [5.41, 5.74) is 1.30. The molecule has 0 aromatic heterocycles. The van der Waals surface area contributed by atoms with E-state index in [1.807, 2.05) is 0 Å². The molecule has 4 heteroatoms. The van der Waals surface area contributed by atoms with Crippen molar-refractivity contribution in [2.45, 2.75) is 33.4 Å². The first-order chi connectivity index (χ1) is 8.56. The number of hydrogen-bond acceptors (Lipinski definition) is 2. The summed E-state index contributed by atoms with van der Waals surface area (Å²) in [6.07, 6.45) is 0. The van der Waals surface area contributed by atoms with Gasteiger partial charge in [0.25, 0.3) is 0 Å². The molecule has 0 aliphatic heterocycles. The highest BCUT2D eigenvalue weighted by Gasteiger charge is 2.07. The van der Waals surface area contributed by atoms with Crippen LogP contribution in [0.15, 0.2) is 27.1 Å².